The van der Waals surface area contributed by atoms with Crippen LogP contribution in [0.25, 0.3) is 0 Å². The van der Waals surface area contributed by atoms with Crippen molar-refractivity contribution in [2.75, 3.05) is 13.2 Å². The highest BCUT2D eigenvalue weighted by atomic mass is 35.5. The zero-order valence-corrected chi connectivity index (χ0v) is 12.5. The summed E-state index contributed by atoms with van der Waals surface area (Å²) in [4.78, 5) is 12.9. The fourth-order valence-corrected chi connectivity index (χ4v) is 3.22. The van der Waals surface area contributed by atoms with Crippen LogP contribution >= 0.6 is 22.9 Å². The molecule has 2 N–H and O–H groups in total. The lowest BCUT2D eigenvalue weighted by atomic mass is 10.1. The first-order valence-corrected chi connectivity index (χ1v) is 7.75. The summed E-state index contributed by atoms with van der Waals surface area (Å²) in [6.07, 6.45) is 3.06. The van der Waals surface area contributed by atoms with E-state index in [1.165, 1.54) is 4.88 Å². The highest BCUT2D eigenvalue weighted by Gasteiger charge is 2.23. The Hall–Kier alpha value is -0.780. The van der Waals surface area contributed by atoms with Crippen LogP contribution in [-0.2, 0) is 11.2 Å². The van der Waals surface area contributed by atoms with Gasteiger partial charge in [-0.2, -0.15) is 0 Å². The molecule has 4 nitrogen and oxygen atoms in total. The Morgan fingerprint density at radius 3 is 3.11 bits per heavy atom. The maximum atomic E-state index is 11.7. The SMILES string of the molecule is C[C@H](NC(=O)NCCc1ccc(Cl)s1)[C@H]1CCCO1. The Morgan fingerprint density at radius 1 is 1.63 bits per heavy atom. The molecule has 2 heterocycles. The number of hydrogen-bond acceptors (Lipinski definition) is 3. The molecule has 106 valence electrons. The van der Waals surface area contributed by atoms with E-state index in [0.29, 0.717) is 6.54 Å². The van der Waals surface area contributed by atoms with Gasteiger partial charge in [-0.05, 0) is 38.3 Å². The van der Waals surface area contributed by atoms with E-state index < -0.39 is 0 Å². The van der Waals surface area contributed by atoms with E-state index in [0.717, 1.165) is 30.2 Å². The number of nitrogens with one attached hydrogen (secondary N) is 2. The van der Waals surface area contributed by atoms with Gasteiger partial charge in [0.05, 0.1) is 16.5 Å². The second-order valence-electron chi connectivity index (χ2n) is 4.70. The molecular formula is C13H19ClN2O2S. The number of halogens is 1. The lowest BCUT2D eigenvalue weighted by Gasteiger charge is -2.20. The molecule has 2 amide bonds. The third-order valence-corrected chi connectivity index (χ3v) is 4.46. The van der Waals surface area contributed by atoms with Crippen molar-refractivity contribution in [2.45, 2.75) is 38.3 Å². The molecule has 2 atom stereocenters. The van der Waals surface area contributed by atoms with Crippen molar-refractivity contribution in [2.24, 2.45) is 0 Å². The zero-order chi connectivity index (χ0) is 13.7. The highest BCUT2D eigenvalue weighted by Crippen LogP contribution is 2.21. The van der Waals surface area contributed by atoms with Crippen molar-refractivity contribution in [3.05, 3.63) is 21.3 Å². The largest absolute Gasteiger partial charge is 0.376 e. The lowest BCUT2D eigenvalue weighted by Crippen LogP contribution is -2.46. The summed E-state index contributed by atoms with van der Waals surface area (Å²) < 4.78 is 6.32. The molecule has 1 aromatic rings. The van der Waals surface area contributed by atoms with E-state index >= 15 is 0 Å². The summed E-state index contributed by atoms with van der Waals surface area (Å²) in [6, 6.07) is 3.78. The van der Waals surface area contributed by atoms with Gasteiger partial charge in [-0.3, -0.25) is 0 Å². The van der Waals surface area contributed by atoms with Crippen LogP contribution in [-0.4, -0.2) is 31.3 Å². The summed E-state index contributed by atoms with van der Waals surface area (Å²) >= 11 is 7.40. The number of amides is 2. The first-order valence-electron chi connectivity index (χ1n) is 6.55. The fraction of sp³-hybridized carbons (Fsp3) is 0.615. The van der Waals surface area contributed by atoms with Crippen molar-refractivity contribution < 1.29 is 9.53 Å². The Kier molecular flexibility index (Phi) is 5.48. The predicted molar refractivity (Wildman–Crippen MR) is 78.0 cm³/mol. The first kappa shape index (κ1) is 14.6. The Bertz CT molecular complexity index is 419. The monoisotopic (exact) mass is 302 g/mol. The van der Waals surface area contributed by atoms with Gasteiger partial charge in [0.2, 0.25) is 0 Å². The number of hydrogen-bond donors (Lipinski definition) is 2. The number of carbonyl (C=O) groups is 1. The maximum absolute atomic E-state index is 11.7. The average molecular weight is 303 g/mol. The number of ether oxygens (including phenoxy) is 1. The van der Waals surface area contributed by atoms with Crippen LogP contribution in [0.1, 0.15) is 24.6 Å². The van der Waals surface area contributed by atoms with Crippen LogP contribution in [0.15, 0.2) is 12.1 Å². The van der Waals surface area contributed by atoms with E-state index in [4.69, 9.17) is 16.3 Å². The molecular weight excluding hydrogens is 284 g/mol. The van der Waals surface area contributed by atoms with Gasteiger partial charge in [0.25, 0.3) is 0 Å². The molecule has 1 fully saturated rings. The van der Waals surface area contributed by atoms with Gasteiger partial charge in [-0.1, -0.05) is 11.6 Å². The van der Waals surface area contributed by atoms with E-state index in [2.05, 4.69) is 10.6 Å². The molecule has 6 heteroatoms. The third-order valence-electron chi connectivity index (χ3n) is 3.17. The summed E-state index contributed by atoms with van der Waals surface area (Å²) in [6.45, 7) is 3.40. The second-order valence-corrected chi connectivity index (χ2v) is 6.50. The zero-order valence-electron chi connectivity index (χ0n) is 10.9. The van der Waals surface area contributed by atoms with Crippen LogP contribution in [0.2, 0.25) is 4.34 Å². The van der Waals surface area contributed by atoms with Gasteiger partial charge in [0.1, 0.15) is 0 Å². The molecule has 1 aliphatic rings. The van der Waals surface area contributed by atoms with Gasteiger partial charge in [-0.25, -0.2) is 4.79 Å². The summed E-state index contributed by atoms with van der Waals surface area (Å²) in [7, 11) is 0. The van der Waals surface area contributed by atoms with Gasteiger partial charge >= 0.3 is 6.03 Å². The van der Waals surface area contributed by atoms with Gasteiger partial charge in [0, 0.05) is 18.0 Å². The van der Waals surface area contributed by atoms with Gasteiger partial charge in [-0.15, -0.1) is 11.3 Å². The molecule has 19 heavy (non-hydrogen) atoms. The number of carbonyl (C=O) groups excluding carboxylic acids is 1. The van der Waals surface area contributed by atoms with Crippen molar-refractivity contribution in [3.63, 3.8) is 0 Å². The van der Waals surface area contributed by atoms with Crippen molar-refractivity contribution in [1.82, 2.24) is 10.6 Å². The Balaban J connectivity index is 1.64. The number of thiophene rings is 1. The van der Waals surface area contributed by atoms with Gasteiger partial charge < -0.3 is 15.4 Å². The van der Waals surface area contributed by atoms with Crippen LogP contribution in [0, 0.1) is 0 Å². The summed E-state index contributed by atoms with van der Waals surface area (Å²) in [5, 5.41) is 5.77. The minimum atomic E-state index is -0.134. The quantitative estimate of drug-likeness (QED) is 0.879. The molecule has 2 rings (SSSR count). The van der Waals surface area contributed by atoms with E-state index in [1.54, 1.807) is 11.3 Å². The fourth-order valence-electron chi connectivity index (χ4n) is 2.13. The molecule has 1 aliphatic heterocycles. The van der Waals surface area contributed by atoms with Crippen LogP contribution < -0.4 is 10.6 Å². The smallest absolute Gasteiger partial charge is 0.315 e. The Morgan fingerprint density at radius 2 is 2.47 bits per heavy atom. The van der Waals surface area contributed by atoms with Crippen LogP contribution in [0.4, 0.5) is 4.79 Å². The standard InChI is InChI=1S/C13H19ClN2O2S/c1-9(11-3-2-8-18-11)16-13(17)15-7-6-10-4-5-12(14)19-10/h4-5,9,11H,2-3,6-8H2,1H3,(H2,15,16,17)/t9-,11+/m0/s1. The molecule has 0 radical (unpaired) electrons. The molecule has 1 saturated heterocycles. The molecule has 0 aromatic carbocycles. The summed E-state index contributed by atoms with van der Waals surface area (Å²) in [5.41, 5.74) is 0. The van der Waals surface area contributed by atoms with Crippen molar-refractivity contribution in [1.29, 1.82) is 0 Å². The lowest BCUT2D eigenvalue weighted by molar-refractivity contribution is 0.0860. The molecule has 0 saturated carbocycles. The molecule has 0 bridgehead atoms. The van der Waals surface area contributed by atoms with E-state index in [9.17, 15) is 4.79 Å². The highest BCUT2D eigenvalue weighted by molar-refractivity contribution is 7.16. The van der Waals surface area contributed by atoms with Crippen molar-refractivity contribution >= 4 is 29.0 Å². The van der Waals surface area contributed by atoms with E-state index in [1.807, 2.05) is 19.1 Å². The number of urea groups is 1. The maximum Gasteiger partial charge on any atom is 0.315 e. The average Bonchev–Trinajstić information content (AvgIpc) is 3.00. The number of rotatable bonds is 5. The van der Waals surface area contributed by atoms with E-state index in [-0.39, 0.29) is 18.2 Å². The van der Waals surface area contributed by atoms with Gasteiger partial charge in [0.15, 0.2) is 0 Å². The van der Waals surface area contributed by atoms with Crippen LogP contribution in [0.3, 0.4) is 0 Å². The molecule has 0 spiro atoms. The first-order chi connectivity index (χ1) is 9.15. The molecule has 0 aliphatic carbocycles. The third kappa shape index (κ3) is 4.67. The normalized spacial score (nSPS) is 20.2. The topological polar surface area (TPSA) is 50.4 Å². The Labute approximate surface area is 122 Å². The van der Waals surface area contributed by atoms with Crippen molar-refractivity contribution in [3.8, 4) is 0 Å². The summed E-state index contributed by atoms with van der Waals surface area (Å²) in [5.74, 6) is 0. The minimum absolute atomic E-state index is 0.0543. The predicted octanol–water partition coefficient (Wildman–Crippen LogP) is 2.81. The minimum Gasteiger partial charge on any atom is -0.376 e. The second kappa shape index (κ2) is 7.12. The molecule has 0 unspecified atom stereocenters. The molecule has 1 aromatic heterocycles. The van der Waals surface area contributed by atoms with Crippen LogP contribution in [0.5, 0.6) is 0 Å².